The first kappa shape index (κ1) is 17.4. The van der Waals surface area contributed by atoms with Crippen molar-refractivity contribution in [2.75, 3.05) is 19.7 Å². The number of hydrogen-bond acceptors (Lipinski definition) is 4. The third-order valence-electron chi connectivity index (χ3n) is 4.79. The monoisotopic (exact) mass is 365 g/mol. The van der Waals surface area contributed by atoms with Gasteiger partial charge in [-0.15, -0.1) is 0 Å². The number of para-hydroxylation sites is 3. The summed E-state index contributed by atoms with van der Waals surface area (Å²) in [6.07, 6.45) is 3.36. The van der Waals surface area contributed by atoms with E-state index in [1.807, 2.05) is 24.3 Å². The van der Waals surface area contributed by atoms with Crippen molar-refractivity contribution in [1.29, 1.82) is 0 Å². The van der Waals surface area contributed by atoms with Gasteiger partial charge in [-0.2, -0.15) is 0 Å². The topological polar surface area (TPSA) is 55.3 Å². The van der Waals surface area contributed by atoms with Crippen LogP contribution < -0.4 is 4.74 Å². The van der Waals surface area contributed by atoms with Gasteiger partial charge in [0, 0.05) is 19.0 Å². The summed E-state index contributed by atoms with van der Waals surface area (Å²) in [5, 5.41) is 0. The van der Waals surface area contributed by atoms with Crippen LogP contribution in [0.5, 0.6) is 5.75 Å². The number of piperidine rings is 1. The van der Waals surface area contributed by atoms with E-state index >= 15 is 0 Å². The van der Waals surface area contributed by atoms with Crippen LogP contribution in [0, 0.1) is 11.7 Å². The van der Waals surface area contributed by atoms with Gasteiger partial charge in [0.1, 0.15) is 5.69 Å². The fourth-order valence-electron chi connectivity index (χ4n) is 3.38. The molecule has 2 aromatic carbocycles. The molecule has 5 nitrogen and oxygen atoms in total. The summed E-state index contributed by atoms with van der Waals surface area (Å²) in [5.74, 6) is -0.0754. The molecule has 138 valence electrons. The molecule has 27 heavy (non-hydrogen) atoms. The largest absolute Gasteiger partial charge is 0.490 e. The maximum Gasteiger partial charge on any atom is 0.274 e. The highest BCUT2D eigenvalue weighted by Gasteiger charge is 2.26. The van der Waals surface area contributed by atoms with Crippen LogP contribution in [-0.4, -0.2) is 40.5 Å². The maximum atomic E-state index is 13.7. The number of likely N-dealkylation sites (tertiary alicyclic amines) is 1. The second-order valence-corrected chi connectivity index (χ2v) is 6.74. The Morgan fingerprint density at radius 3 is 2.78 bits per heavy atom. The molecule has 1 amide bonds. The predicted octanol–water partition coefficient (Wildman–Crippen LogP) is 3.70. The second kappa shape index (κ2) is 7.70. The Morgan fingerprint density at radius 2 is 1.93 bits per heavy atom. The fraction of sp³-hybridized carbons (Fsp3) is 0.286. The summed E-state index contributed by atoms with van der Waals surface area (Å²) >= 11 is 0. The highest BCUT2D eigenvalue weighted by molar-refractivity contribution is 5.93. The molecule has 0 spiro atoms. The summed E-state index contributed by atoms with van der Waals surface area (Å²) in [6, 6.07) is 13.9. The van der Waals surface area contributed by atoms with Gasteiger partial charge in [0.15, 0.2) is 11.6 Å². The average molecular weight is 365 g/mol. The number of carbonyl (C=O) groups is 1. The Balaban J connectivity index is 1.42. The number of rotatable bonds is 4. The quantitative estimate of drug-likeness (QED) is 0.707. The SMILES string of the molecule is O=C(c1cnc2ccccc2n1)N1CCCC(COc2ccccc2F)C1. The number of benzene rings is 2. The number of carbonyl (C=O) groups excluding carboxylic acids is 1. The Kier molecular flexibility index (Phi) is 4.96. The number of hydrogen-bond donors (Lipinski definition) is 0. The second-order valence-electron chi connectivity index (χ2n) is 6.74. The lowest BCUT2D eigenvalue weighted by Crippen LogP contribution is -2.42. The van der Waals surface area contributed by atoms with Crippen LogP contribution in [0.4, 0.5) is 4.39 Å². The number of fused-ring (bicyclic) bond motifs is 1. The van der Waals surface area contributed by atoms with Crippen LogP contribution in [0.15, 0.2) is 54.7 Å². The van der Waals surface area contributed by atoms with E-state index in [1.54, 1.807) is 23.1 Å². The van der Waals surface area contributed by atoms with Gasteiger partial charge in [-0.05, 0) is 37.1 Å². The van der Waals surface area contributed by atoms with Crippen LogP contribution in [0.2, 0.25) is 0 Å². The van der Waals surface area contributed by atoms with Gasteiger partial charge >= 0.3 is 0 Å². The van der Waals surface area contributed by atoms with Crippen molar-refractivity contribution in [2.24, 2.45) is 5.92 Å². The van der Waals surface area contributed by atoms with Crippen LogP contribution in [0.1, 0.15) is 23.3 Å². The molecule has 0 bridgehead atoms. The third-order valence-corrected chi connectivity index (χ3v) is 4.79. The van der Waals surface area contributed by atoms with Gasteiger partial charge in [-0.25, -0.2) is 9.37 Å². The first-order valence-corrected chi connectivity index (χ1v) is 9.09. The molecule has 1 aromatic heterocycles. The molecule has 0 saturated carbocycles. The Labute approximate surface area is 156 Å². The molecule has 1 saturated heterocycles. The molecule has 2 heterocycles. The Morgan fingerprint density at radius 1 is 1.15 bits per heavy atom. The molecule has 6 heteroatoms. The van der Waals surface area contributed by atoms with E-state index in [9.17, 15) is 9.18 Å². The highest BCUT2D eigenvalue weighted by atomic mass is 19.1. The normalized spacial score (nSPS) is 17.1. The zero-order chi connectivity index (χ0) is 18.6. The summed E-state index contributed by atoms with van der Waals surface area (Å²) in [6.45, 7) is 1.64. The van der Waals surface area contributed by atoms with Crippen molar-refractivity contribution in [3.05, 3.63) is 66.2 Å². The van der Waals surface area contributed by atoms with E-state index in [-0.39, 0.29) is 23.4 Å². The molecule has 1 aliphatic heterocycles. The van der Waals surface area contributed by atoms with Gasteiger partial charge in [-0.3, -0.25) is 9.78 Å². The van der Waals surface area contributed by atoms with E-state index in [1.165, 1.54) is 12.3 Å². The fourth-order valence-corrected chi connectivity index (χ4v) is 3.38. The number of halogens is 1. The van der Waals surface area contributed by atoms with Gasteiger partial charge < -0.3 is 9.64 Å². The molecule has 1 fully saturated rings. The Bertz CT molecular complexity index is 963. The first-order chi connectivity index (χ1) is 13.2. The lowest BCUT2D eigenvalue weighted by atomic mass is 9.98. The minimum absolute atomic E-state index is 0.121. The zero-order valence-electron chi connectivity index (χ0n) is 14.8. The lowest BCUT2D eigenvalue weighted by molar-refractivity contribution is 0.0625. The number of aromatic nitrogens is 2. The summed E-state index contributed by atoms with van der Waals surface area (Å²) in [5.41, 5.74) is 1.83. The van der Waals surface area contributed by atoms with Crippen molar-refractivity contribution >= 4 is 16.9 Å². The standard InChI is InChI=1S/C21H20FN3O2/c22-16-7-1-4-10-20(16)27-14-15-6-5-11-25(13-15)21(26)19-12-23-17-8-2-3-9-18(17)24-19/h1-4,7-10,12,15H,5-6,11,13-14H2. The van der Waals surface area contributed by atoms with Crippen molar-refractivity contribution in [1.82, 2.24) is 14.9 Å². The number of nitrogens with zero attached hydrogens (tertiary/aromatic N) is 3. The summed E-state index contributed by atoms with van der Waals surface area (Å²) in [4.78, 5) is 23.4. The van der Waals surface area contributed by atoms with E-state index in [2.05, 4.69) is 9.97 Å². The highest BCUT2D eigenvalue weighted by Crippen LogP contribution is 2.22. The zero-order valence-corrected chi connectivity index (χ0v) is 14.8. The minimum atomic E-state index is -0.368. The van der Waals surface area contributed by atoms with Gasteiger partial charge in [0.2, 0.25) is 0 Å². The smallest absolute Gasteiger partial charge is 0.274 e. The lowest BCUT2D eigenvalue weighted by Gasteiger charge is -2.32. The molecule has 4 rings (SSSR count). The summed E-state index contributed by atoms with van der Waals surface area (Å²) in [7, 11) is 0. The molecular formula is C21H20FN3O2. The van der Waals surface area contributed by atoms with Crippen molar-refractivity contribution < 1.29 is 13.9 Å². The van der Waals surface area contributed by atoms with E-state index in [0.717, 1.165) is 18.4 Å². The van der Waals surface area contributed by atoms with Gasteiger partial charge in [0.25, 0.3) is 5.91 Å². The van der Waals surface area contributed by atoms with Crippen LogP contribution >= 0.6 is 0 Å². The van der Waals surface area contributed by atoms with Crippen LogP contribution in [0.25, 0.3) is 11.0 Å². The molecule has 0 N–H and O–H groups in total. The Hall–Kier alpha value is -3.02. The number of amides is 1. The first-order valence-electron chi connectivity index (χ1n) is 9.09. The molecule has 0 aliphatic carbocycles. The minimum Gasteiger partial charge on any atom is -0.490 e. The predicted molar refractivity (Wildman–Crippen MR) is 100 cm³/mol. The molecule has 3 aromatic rings. The average Bonchev–Trinajstić information content (AvgIpc) is 2.72. The van der Waals surface area contributed by atoms with Gasteiger partial charge in [0.05, 0.1) is 23.8 Å². The van der Waals surface area contributed by atoms with Crippen LogP contribution in [-0.2, 0) is 0 Å². The molecule has 1 unspecified atom stereocenters. The van der Waals surface area contributed by atoms with Crippen molar-refractivity contribution in [2.45, 2.75) is 12.8 Å². The van der Waals surface area contributed by atoms with Crippen molar-refractivity contribution in [3.63, 3.8) is 0 Å². The molecule has 1 atom stereocenters. The maximum absolute atomic E-state index is 13.7. The third kappa shape index (κ3) is 3.89. The van der Waals surface area contributed by atoms with Crippen molar-refractivity contribution in [3.8, 4) is 5.75 Å². The molecule has 1 aliphatic rings. The molecular weight excluding hydrogens is 345 g/mol. The summed E-state index contributed by atoms with van der Waals surface area (Å²) < 4.78 is 19.3. The van der Waals surface area contributed by atoms with E-state index < -0.39 is 0 Å². The van der Waals surface area contributed by atoms with E-state index in [0.29, 0.717) is 30.9 Å². The molecule has 0 radical (unpaired) electrons. The van der Waals surface area contributed by atoms with Crippen LogP contribution in [0.3, 0.4) is 0 Å². The number of ether oxygens (including phenoxy) is 1. The van der Waals surface area contributed by atoms with Gasteiger partial charge in [-0.1, -0.05) is 24.3 Å². The van der Waals surface area contributed by atoms with E-state index in [4.69, 9.17) is 4.74 Å².